The fraction of sp³-hybridized carbons (Fsp3) is 0.286. The van der Waals surface area contributed by atoms with Gasteiger partial charge in [0.05, 0.1) is 11.3 Å². The summed E-state index contributed by atoms with van der Waals surface area (Å²) in [5.74, 6) is -0.176. The number of amides is 1. The monoisotopic (exact) mass is 536 g/mol. The lowest BCUT2D eigenvalue weighted by molar-refractivity contribution is -0.00737. The average Bonchev–Trinajstić information content (AvgIpc) is 3.34. The summed E-state index contributed by atoms with van der Waals surface area (Å²) in [6.45, 7) is 8.03. The maximum Gasteiger partial charge on any atom is 0.492 e. The zero-order valence-corrected chi connectivity index (χ0v) is 22.6. The van der Waals surface area contributed by atoms with Crippen molar-refractivity contribution in [1.29, 1.82) is 0 Å². The molecule has 0 bridgehead atoms. The van der Waals surface area contributed by atoms with Gasteiger partial charge in [0.2, 0.25) is 0 Å². The van der Waals surface area contributed by atoms with E-state index in [1.807, 2.05) is 70.2 Å². The van der Waals surface area contributed by atoms with Crippen molar-refractivity contribution in [3.05, 3.63) is 98.0 Å². The second-order valence-electron chi connectivity index (χ2n) is 10.3. The van der Waals surface area contributed by atoms with Crippen LogP contribution in [0.1, 0.15) is 65.4 Å². The van der Waals surface area contributed by atoms with Crippen molar-refractivity contribution in [2.75, 3.05) is 0 Å². The van der Waals surface area contributed by atoms with E-state index >= 15 is 0 Å². The van der Waals surface area contributed by atoms with E-state index in [0.717, 1.165) is 39.0 Å². The van der Waals surface area contributed by atoms with Gasteiger partial charge in [-0.3, -0.25) is 4.79 Å². The molecule has 0 aliphatic carbocycles. The number of nitrogens with one attached hydrogen (secondary N) is 1. The van der Waals surface area contributed by atoms with Gasteiger partial charge in [-0.05, 0) is 85.7 Å². The standard InChI is InChI=1S/C28H27BCl2N2O4/c1-16-9-18(25-14-28(4,37-33-25)19-11-20(30)13-21(31)12-19)6-7-22(16)26(34)32-15-17-5-8-23-24(10-17)29(35)36-27(23,2)3/h5-13,35H,14-15H2,1-4H3,(H,32,34). The fourth-order valence-corrected chi connectivity index (χ4v) is 5.49. The molecule has 0 aromatic heterocycles. The lowest BCUT2D eigenvalue weighted by atomic mass is 9.77. The summed E-state index contributed by atoms with van der Waals surface area (Å²) in [4.78, 5) is 18.8. The van der Waals surface area contributed by atoms with Gasteiger partial charge in [0.25, 0.3) is 5.91 Å². The van der Waals surface area contributed by atoms with Crippen molar-refractivity contribution in [2.24, 2.45) is 5.16 Å². The van der Waals surface area contributed by atoms with E-state index in [9.17, 15) is 9.82 Å². The largest absolute Gasteiger partial charge is 0.492 e. The van der Waals surface area contributed by atoms with Crippen LogP contribution >= 0.6 is 23.2 Å². The molecule has 2 N–H and O–H groups in total. The number of hydrogen-bond donors (Lipinski definition) is 2. The van der Waals surface area contributed by atoms with E-state index in [1.165, 1.54) is 0 Å². The highest BCUT2D eigenvalue weighted by Crippen LogP contribution is 2.38. The quantitative estimate of drug-likeness (QED) is 0.438. The lowest BCUT2D eigenvalue weighted by Crippen LogP contribution is -2.30. The molecule has 0 spiro atoms. The Morgan fingerprint density at radius 3 is 2.51 bits per heavy atom. The summed E-state index contributed by atoms with van der Waals surface area (Å²) in [5, 5.41) is 18.6. The van der Waals surface area contributed by atoms with Crippen LogP contribution in [0.4, 0.5) is 0 Å². The first kappa shape index (κ1) is 25.8. The van der Waals surface area contributed by atoms with Gasteiger partial charge in [-0.2, -0.15) is 0 Å². The molecular formula is C28H27BCl2N2O4. The maximum absolute atomic E-state index is 13.0. The Kier molecular flexibility index (Phi) is 6.61. The number of hydrogen-bond acceptors (Lipinski definition) is 5. The highest BCUT2D eigenvalue weighted by Gasteiger charge is 2.40. The third kappa shape index (κ3) is 5.01. The molecule has 3 aromatic rings. The molecule has 0 fully saturated rings. The number of oxime groups is 1. The summed E-state index contributed by atoms with van der Waals surface area (Å²) in [7, 11) is -0.962. The van der Waals surface area contributed by atoms with Crippen LogP contribution in [0.2, 0.25) is 10.0 Å². The van der Waals surface area contributed by atoms with Crippen LogP contribution in [0.15, 0.2) is 59.8 Å². The first-order chi connectivity index (χ1) is 17.4. The zero-order chi connectivity index (χ0) is 26.5. The molecule has 1 unspecified atom stereocenters. The average molecular weight is 537 g/mol. The summed E-state index contributed by atoms with van der Waals surface area (Å²) in [6.07, 6.45) is 0.541. The van der Waals surface area contributed by atoms with Crippen LogP contribution < -0.4 is 10.8 Å². The third-order valence-electron chi connectivity index (χ3n) is 7.03. The van der Waals surface area contributed by atoms with E-state index in [-0.39, 0.29) is 5.91 Å². The molecule has 6 nitrogen and oxygen atoms in total. The Balaban J connectivity index is 1.26. The third-order valence-corrected chi connectivity index (χ3v) is 7.47. The van der Waals surface area contributed by atoms with Crippen LogP contribution in [-0.2, 0) is 27.2 Å². The Bertz CT molecular complexity index is 1420. The Labute approximate surface area is 226 Å². The predicted octanol–water partition coefficient (Wildman–Crippen LogP) is 5.22. The number of fused-ring (bicyclic) bond motifs is 1. The fourth-order valence-electron chi connectivity index (χ4n) is 4.96. The number of aryl methyl sites for hydroxylation is 1. The number of nitrogens with zero attached hydrogens (tertiary/aromatic N) is 1. The molecule has 0 radical (unpaired) electrons. The molecule has 190 valence electrons. The van der Waals surface area contributed by atoms with Gasteiger partial charge in [-0.15, -0.1) is 0 Å². The summed E-state index contributed by atoms with van der Waals surface area (Å²) in [6, 6.07) is 16.8. The van der Waals surface area contributed by atoms with Gasteiger partial charge >= 0.3 is 7.12 Å². The maximum atomic E-state index is 13.0. The second kappa shape index (κ2) is 9.48. The molecular weight excluding hydrogens is 510 g/mol. The van der Waals surface area contributed by atoms with Crippen LogP contribution in [0.25, 0.3) is 0 Å². The summed E-state index contributed by atoms with van der Waals surface area (Å²) in [5.41, 5.74) is 5.30. The number of benzene rings is 3. The van der Waals surface area contributed by atoms with Crippen molar-refractivity contribution in [2.45, 2.75) is 51.9 Å². The van der Waals surface area contributed by atoms with Crippen LogP contribution in [-0.4, -0.2) is 23.8 Å². The minimum atomic E-state index is -0.962. The number of rotatable bonds is 5. The van der Waals surface area contributed by atoms with Gasteiger partial charge in [0.1, 0.15) is 0 Å². The molecule has 9 heteroatoms. The number of halogens is 2. The van der Waals surface area contributed by atoms with Crippen molar-refractivity contribution in [3.8, 4) is 0 Å². The van der Waals surface area contributed by atoms with Crippen molar-refractivity contribution in [1.82, 2.24) is 5.32 Å². The van der Waals surface area contributed by atoms with Gasteiger partial charge in [-0.1, -0.05) is 52.6 Å². The summed E-state index contributed by atoms with van der Waals surface area (Å²) >= 11 is 12.4. The van der Waals surface area contributed by atoms with Crippen molar-refractivity contribution in [3.63, 3.8) is 0 Å². The molecule has 1 atom stereocenters. The second-order valence-corrected chi connectivity index (χ2v) is 11.2. The molecule has 3 aromatic carbocycles. The lowest BCUT2D eigenvalue weighted by Gasteiger charge is -2.22. The Morgan fingerprint density at radius 2 is 1.81 bits per heavy atom. The van der Waals surface area contributed by atoms with Gasteiger partial charge < -0.3 is 19.8 Å². The normalized spacial score (nSPS) is 19.9. The van der Waals surface area contributed by atoms with Gasteiger partial charge in [0.15, 0.2) is 5.60 Å². The molecule has 1 amide bonds. The van der Waals surface area contributed by atoms with E-state index in [0.29, 0.717) is 28.6 Å². The van der Waals surface area contributed by atoms with Crippen LogP contribution in [0.5, 0.6) is 0 Å². The summed E-state index contributed by atoms with van der Waals surface area (Å²) < 4.78 is 5.62. The van der Waals surface area contributed by atoms with Crippen molar-refractivity contribution < 1.29 is 19.3 Å². The van der Waals surface area contributed by atoms with E-state index in [1.54, 1.807) is 12.1 Å². The molecule has 2 heterocycles. The van der Waals surface area contributed by atoms with Crippen LogP contribution in [0.3, 0.4) is 0 Å². The van der Waals surface area contributed by atoms with Crippen LogP contribution in [0, 0.1) is 6.92 Å². The SMILES string of the molecule is Cc1cc(C2=NOC(C)(c3cc(Cl)cc(Cl)c3)C2)ccc1C(=O)NCc1ccc2c(c1)B(O)OC2(C)C. The minimum absolute atomic E-state index is 0.176. The zero-order valence-electron chi connectivity index (χ0n) is 21.1. The molecule has 37 heavy (non-hydrogen) atoms. The Hall–Kier alpha value is -2.84. The van der Waals surface area contributed by atoms with Crippen molar-refractivity contribution >= 4 is 47.4 Å². The smallest absolute Gasteiger partial charge is 0.423 e. The van der Waals surface area contributed by atoms with E-state index in [2.05, 4.69) is 10.5 Å². The highest BCUT2D eigenvalue weighted by molar-refractivity contribution is 6.62. The number of carbonyl (C=O) groups excluding carboxylic acids is 1. The molecule has 5 rings (SSSR count). The van der Waals surface area contributed by atoms with Gasteiger partial charge in [0, 0.05) is 34.1 Å². The molecule has 2 aliphatic rings. The Morgan fingerprint density at radius 1 is 1.08 bits per heavy atom. The first-order valence-corrected chi connectivity index (χ1v) is 12.8. The highest BCUT2D eigenvalue weighted by atomic mass is 35.5. The van der Waals surface area contributed by atoms with E-state index < -0.39 is 18.3 Å². The molecule has 0 saturated heterocycles. The predicted molar refractivity (Wildman–Crippen MR) is 147 cm³/mol. The topological polar surface area (TPSA) is 80.2 Å². The first-order valence-electron chi connectivity index (χ1n) is 12.1. The molecule has 2 aliphatic heterocycles. The van der Waals surface area contributed by atoms with E-state index in [4.69, 9.17) is 32.7 Å². The minimum Gasteiger partial charge on any atom is -0.423 e. The van der Waals surface area contributed by atoms with Gasteiger partial charge in [-0.25, -0.2) is 0 Å². The molecule has 0 saturated carbocycles. The number of carbonyl (C=O) groups is 1.